The van der Waals surface area contributed by atoms with Gasteiger partial charge < -0.3 is 10.1 Å². The summed E-state index contributed by atoms with van der Waals surface area (Å²) in [5.41, 5.74) is 0.381. The second-order valence-corrected chi connectivity index (χ2v) is 4.96. The van der Waals surface area contributed by atoms with Crippen molar-refractivity contribution in [1.29, 1.82) is 0 Å². The molecule has 1 aromatic carbocycles. The average Bonchev–Trinajstić information content (AvgIpc) is 2.42. The highest BCUT2D eigenvalue weighted by atomic mass is 19.2. The van der Waals surface area contributed by atoms with Crippen LogP contribution in [0.3, 0.4) is 0 Å². The maximum absolute atomic E-state index is 13.7. The highest BCUT2D eigenvalue weighted by molar-refractivity contribution is 5.22. The van der Waals surface area contributed by atoms with E-state index in [4.69, 9.17) is 4.74 Å². The van der Waals surface area contributed by atoms with Crippen molar-refractivity contribution in [3.63, 3.8) is 0 Å². The van der Waals surface area contributed by atoms with Crippen LogP contribution in [0.1, 0.15) is 18.5 Å². The molecule has 1 aliphatic rings. The monoisotopic (exact) mass is 270 g/mol. The fourth-order valence-electron chi connectivity index (χ4n) is 2.30. The molecule has 106 valence electrons. The minimum Gasteiger partial charge on any atom is -0.374 e. The number of hydrogen-bond acceptors (Lipinski definition) is 3. The third-order valence-electron chi connectivity index (χ3n) is 3.59. The Hall–Kier alpha value is -1.04. The van der Waals surface area contributed by atoms with Gasteiger partial charge in [-0.25, -0.2) is 8.78 Å². The molecule has 1 heterocycles. The summed E-state index contributed by atoms with van der Waals surface area (Å²) in [6.45, 7) is 4.91. The van der Waals surface area contributed by atoms with Crippen LogP contribution in [0, 0.1) is 11.6 Å². The number of nitrogens with one attached hydrogen (secondary N) is 1. The second-order valence-electron chi connectivity index (χ2n) is 4.96. The lowest BCUT2D eigenvalue weighted by Crippen LogP contribution is -2.44. The Bertz CT molecular complexity index is 422. The molecular formula is C14H20F2N2O. The van der Waals surface area contributed by atoms with Crippen LogP contribution in [0.15, 0.2) is 18.2 Å². The van der Waals surface area contributed by atoms with E-state index in [1.54, 1.807) is 6.07 Å². The average molecular weight is 270 g/mol. The van der Waals surface area contributed by atoms with Gasteiger partial charge in [0.2, 0.25) is 0 Å². The summed E-state index contributed by atoms with van der Waals surface area (Å²) in [6.07, 6.45) is 0.0952. The number of morpholine rings is 1. The number of likely N-dealkylation sites (N-methyl/N-ethyl adjacent to an activating group) is 1. The normalized spacial score (nSPS) is 21.6. The van der Waals surface area contributed by atoms with Crippen LogP contribution in [-0.4, -0.2) is 44.3 Å². The molecule has 1 saturated heterocycles. The van der Waals surface area contributed by atoms with E-state index in [2.05, 4.69) is 5.32 Å². The molecule has 5 heteroatoms. The molecule has 1 N–H and O–H groups in total. The molecule has 0 aliphatic carbocycles. The van der Waals surface area contributed by atoms with E-state index in [9.17, 15) is 8.78 Å². The number of halogens is 2. The molecule has 0 aromatic heterocycles. The first-order valence-electron chi connectivity index (χ1n) is 6.56. The maximum Gasteiger partial charge on any atom is 0.163 e. The van der Waals surface area contributed by atoms with Crippen molar-refractivity contribution in [2.75, 3.05) is 33.3 Å². The van der Waals surface area contributed by atoms with Crippen LogP contribution in [0.4, 0.5) is 8.78 Å². The van der Waals surface area contributed by atoms with Gasteiger partial charge in [0.1, 0.15) is 0 Å². The zero-order valence-corrected chi connectivity index (χ0v) is 11.3. The predicted octanol–water partition coefficient (Wildman–Crippen LogP) is 1.95. The number of ether oxygens (including phenoxy) is 1. The van der Waals surface area contributed by atoms with E-state index in [0.29, 0.717) is 18.7 Å². The van der Waals surface area contributed by atoms with Crippen LogP contribution in [0.2, 0.25) is 0 Å². The van der Waals surface area contributed by atoms with Gasteiger partial charge in [-0.15, -0.1) is 0 Å². The molecule has 0 radical (unpaired) electrons. The van der Waals surface area contributed by atoms with E-state index in [1.807, 2.05) is 18.9 Å². The van der Waals surface area contributed by atoms with Crippen molar-refractivity contribution in [1.82, 2.24) is 10.2 Å². The van der Waals surface area contributed by atoms with Crippen molar-refractivity contribution in [2.45, 2.75) is 19.1 Å². The lowest BCUT2D eigenvalue weighted by atomic mass is 10.1. The van der Waals surface area contributed by atoms with E-state index in [0.717, 1.165) is 19.2 Å². The molecule has 1 aliphatic heterocycles. The molecular weight excluding hydrogens is 250 g/mol. The summed E-state index contributed by atoms with van der Waals surface area (Å²) >= 11 is 0. The summed E-state index contributed by atoms with van der Waals surface area (Å²) in [5.74, 6) is -1.56. The fourth-order valence-corrected chi connectivity index (χ4v) is 2.30. The Morgan fingerprint density at radius 2 is 2.26 bits per heavy atom. The van der Waals surface area contributed by atoms with Gasteiger partial charge in [0.05, 0.1) is 12.7 Å². The van der Waals surface area contributed by atoms with Crippen molar-refractivity contribution < 1.29 is 13.5 Å². The highest BCUT2D eigenvalue weighted by Crippen LogP contribution is 2.23. The Labute approximate surface area is 112 Å². The van der Waals surface area contributed by atoms with Crippen LogP contribution in [-0.2, 0) is 4.74 Å². The first-order chi connectivity index (χ1) is 9.09. The van der Waals surface area contributed by atoms with Gasteiger partial charge in [0, 0.05) is 31.2 Å². The van der Waals surface area contributed by atoms with Crippen molar-refractivity contribution >= 4 is 0 Å². The molecule has 3 nitrogen and oxygen atoms in total. The van der Waals surface area contributed by atoms with Crippen LogP contribution < -0.4 is 5.32 Å². The molecule has 19 heavy (non-hydrogen) atoms. The van der Waals surface area contributed by atoms with Crippen LogP contribution >= 0.6 is 0 Å². The second kappa shape index (κ2) is 6.41. The van der Waals surface area contributed by atoms with Crippen LogP contribution in [0.25, 0.3) is 0 Å². The molecule has 0 amide bonds. The third-order valence-corrected chi connectivity index (χ3v) is 3.59. The SMILES string of the molecule is CC(c1cccc(F)c1F)N(C)CC1CNCCO1. The maximum atomic E-state index is 13.7. The van der Waals surface area contributed by atoms with E-state index >= 15 is 0 Å². The summed E-state index contributed by atoms with van der Waals surface area (Å²) in [6, 6.07) is 4.11. The predicted molar refractivity (Wildman–Crippen MR) is 70.0 cm³/mol. The molecule has 1 aromatic rings. The number of benzene rings is 1. The highest BCUT2D eigenvalue weighted by Gasteiger charge is 2.22. The first kappa shape index (κ1) is 14.4. The zero-order chi connectivity index (χ0) is 13.8. The number of hydrogen-bond donors (Lipinski definition) is 1. The van der Waals surface area contributed by atoms with Gasteiger partial charge in [-0.2, -0.15) is 0 Å². The lowest BCUT2D eigenvalue weighted by molar-refractivity contribution is 0.00366. The fraction of sp³-hybridized carbons (Fsp3) is 0.571. The summed E-state index contributed by atoms with van der Waals surface area (Å²) in [4.78, 5) is 1.98. The van der Waals surface area contributed by atoms with E-state index in [-0.39, 0.29) is 12.1 Å². The van der Waals surface area contributed by atoms with Gasteiger partial charge in [0.15, 0.2) is 11.6 Å². The third kappa shape index (κ3) is 3.49. The van der Waals surface area contributed by atoms with E-state index < -0.39 is 11.6 Å². The van der Waals surface area contributed by atoms with Crippen molar-refractivity contribution in [3.05, 3.63) is 35.4 Å². The summed E-state index contributed by atoms with van der Waals surface area (Å²) < 4.78 is 32.6. The largest absolute Gasteiger partial charge is 0.374 e. The minimum absolute atomic E-state index is 0.0952. The molecule has 2 rings (SSSR count). The summed E-state index contributed by atoms with van der Waals surface area (Å²) in [7, 11) is 1.90. The van der Waals surface area contributed by atoms with Crippen molar-refractivity contribution in [2.24, 2.45) is 0 Å². The standard InChI is InChI=1S/C14H20F2N2O/c1-10(12-4-3-5-13(15)14(12)16)18(2)9-11-8-17-6-7-19-11/h3-5,10-11,17H,6-9H2,1-2H3. The Morgan fingerprint density at radius 1 is 1.47 bits per heavy atom. The topological polar surface area (TPSA) is 24.5 Å². The molecule has 2 unspecified atom stereocenters. The zero-order valence-electron chi connectivity index (χ0n) is 11.3. The summed E-state index contributed by atoms with van der Waals surface area (Å²) in [5, 5.41) is 3.25. The quantitative estimate of drug-likeness (QED) is 0.905. The van der Waals surface area contributed by atoms with Gasteiger partial charge in [-0.3, -0.25) is 4.90 Å². The van der Waals surface area contributed by atoms with Gasteiger partial charge in [-0.05, 0) is 20.0 Å². The van der Waals surface area contributed by atoms with E-state index in [1.165, 1.54) is 6.07 Å². The lowest BCUT2D eigenvalue weighted by Gasteiger charge is -2.31. The molecule has 2 atom stereocenters. The van der Waals surface area contributed by atoms with Crippen LogP contribution in [0.5, 0.6) is 0 Å². The molecule has 0 saturated carbocycles. The Morgan fingerprint density at radius 3 is 2.95 bits per heavy atom. The van der Waals surface area contributed by atoms with Crippen molar-refractivity contribution in [3.8, 4) is 0 Å². The molecule has 0 spiro atoms. The number of rotatable bonds is 4. The smallest absolute Gasteiger partial charge is 0.163 e. The first-order valence-corrected chi connectivity index (χ1v) is 6.56. The molecule has 1 fully saturated rings. The van der Waals surface area contributed by atoms with Gasteiger partial charge >= 0.3 is 0 Å². The Kier molecular flexibility index (Phi) is 4.85. The molecule has 0 bridgehead atoms. The minimum atomic E-state index is -0.798. The van der Waals surface area contributed by atoms with Gasteiger partial charge in [-0.1, -0.05) is 12.1 Å². The number of nitrogens with zero attached hydrogens (tertiary/aromatic N) is 1. The Balaban J connectivity index is 2.01. The van der Waals surface area contributed by atoms with Gasteiger partial charge in [0.25, 0.3) is 0 Å².